The number of anilines is 2. The van der Waals surface area contributed by atoms with Gasteiger partial charge in [0.25, 0.3) is 0 Å². The molecule has 2 rings (SSSR count). The average Bonchev–Trinajstić information content (AvgIpc) is 2.53. The molecule has 0 bridgehead atoms. The van der Waals surface area contributed by atoms with Gasteiger partial charge >= 0.3 is 5.97 Å². The summed E-state index contributed by atoms with van der Waals surface area (Å²) in [6.45, 7) is 0. The van der Waals surface area contributed by atoms with Crippen LogP contribution in [-0.4, -0.2) is 32.3 Å². The van der Waals surface area contributed by atoms with Crippen molar-refractivity contribution in [3.63, 3.8) is 0 Å². The first-order valence-electron chi connectivity index (χ1n) is 6.36. The maximum absolute atomic E-state index is 11.4. The summed E-state index contributed by atoms with van der Waals surface area (Å²) in [6, 6.07) is 12.3. The molecule has 2 aromatic carbocycles. The van der Waals surface area contributed by atoms with Crippen LogP contribution in [-0.2, 0) is 0 Å². The highest BCUT2D eigenvalue weighted by Gasteiger charge is 2.16. The van der Waals surface area contributed by atoms with Crippen LogP contribution in [0.3, 0.4) is 0 Å². The Bertz CT molecular complexity index is 654. The number of hydrogen-bond acceptors (Lipinski definition) is 4. The predicted octanol–water partition coefficient (Wildman–Crippen LogP) is 3.17. The number of rotatable bonds is 5. The van der Waals surface area contributed by atoms with Gasteiger partial charge in [0.2, 0.25) is 0 Å². The van der Waals surface area contributed by atoms with Crippen molar-refractivity contribution in [3.8, 4) is 11.5 Å². The van der Waals surface area contributed by atoms with Gasteiger partial charge in [0, 0.05) is 24.9 Å². The van der Waals surface area contributed by atoms with E-state index in [4.69, 9.17) is 9.47 Å². The van der Waals surface area contributed by atoms with Crippen LogP contribution in [0.1, 0.15) is 10.4 Å². The van der Waals surface area contributed by atoms with Gasteiger partial charge in [-0.1, -0.05) is 6.07 Å². The van der Waals surface area contributed by atoms with Crippen LogP contribution in [0.25, 0.3) is 0 Å². The first-order valence-corrected chi connectivity index (χ1v) is 6.36. The minimum absolute atomic E-state index is 0.209. The first-order chi connectivity index (χ1) is 10.1. The van der Waals surface area contributed by atoms with Crippen molar-refractivity contribution in [1.29, 1.82) is 0 Å². The van der Waals surface area contributed by atoms with E-state index in [-0.39, 0.29) is 5.56 Å². The van der Waals surface area contributed by atoms with Crippen molar-refractivity contribution in [2.75, 3.05) is 26.2 Å². The molecule has 0 spiro atoms. The normalized spacial score (nSPS) is 10.0. The molecule has 21 heavy (non-hydrogen) atoms. The molecule has 0 saturated heterocycles. The van der Waals surface area contributed by atoms with E-state index >= 15 is 0 Å². The molecule has 0 saturated carbocycles. The monoisotopic (exact) mass is 287 g/mol. The van der Waals surface area contributed by atoms with Gasteiger partial charge in [-0.25, -0.2) is 4.79 Å². The lowest BCUT2D eigenvalue weighted by molar-refractivity contribution is 0.0697. The Hall–Kier alpha value is -2.69. The van der Waals surface area contributed by atoms with E-state index in [0.29, 0.717) is 17.2 Å². The molecule has 0 aliphatic heterocycles. The molecule has 0 aromatic heterocycles. The number of carboxylic acid groups (broad SMARTS) is 1. The number of carbonyl (C=O) groups is 1. The Kier molecular flexibility index (Phi) is 4.33. The standard InChI is InChI=1S/C16H17NO4/c1-17(11-5-4-6-12(9-11)20-2)15-10-13(21-3)7-8-14(15)16(18)19/h4-10H,1-3H3,(H,18,19). The zero-order valence-corrected chi connectivity index (χ0v) is 12.2. The third kappa shape index (κ3) is 3.08. The minimum Gasteiger partial charge on any atom is -0.497 e. The summed E-state index contributed by atoms with van der Waals surface area (Å²) in [5.41, 5.74) is 1.58. The summed E-state index contributed by atoms with van der Waals surface area (Å²) in [5.74, 6) is 0.325. The van der Waals surface area contributed by atoms with E-state index in [0.717, 1.165) is 5.69 Å². The van der Waals surface area contributed by atoms with Crippen LogP contribution < -0.4 is 14.4 Å². The topological polar surface area (TPSA) is 59.0 Å². The summed E-state index contributed by atoms with van der Waals surface area (Å²) < 4.78 is 10.4. The Morgan fingerprint density at radius 1 is 1.05 bits per heavy atom. The van der Waals surface area contributed by atoms with Crippen molar-refractivity contribution in [3.05, 3.63) is 48.0 Å². The third-order valence-corrected chi connectivity index (χ3v) is 3.24. The first kappa shape index (κ1) is 14.7. The van der Waals surface area contributed by atoms with E-state index in [2.05, 4.69) is 0 Å². The molecule has 0 aliphatic carbocycles. The highest BCUT2D eigenvalue weighted by molar-refractivity contribution is 5.96. The molecule has 0 aliphatic rings. The fourth-order valence-corrected chi connectivity index (χ4v) is 2.05. The summed E-state index contributed by atoms with van der Waals surface area (Å²) in [4.78, 5) is 13.2. The molecule has 5 nitrogen and oxygen atoms in total. The van der Waals surface area contributed by atoms with Crippen LogP contribution in [0.5, 0.6) is 11.5 Å². The molecule has 110 valence electrons. The van der Waals surface area contributed by atoms with Crippen LogP contribution in [0, 0.1) is 0 Å². The van der Waals surface area contributed by atoms with Gasteiger partial charge < -0.3 is 19.5 Å². The summed E-state index contributed by atoms with van der Waals surface area (Å²) in [5, 5.41) is 9.33. The number of nitrogens with zero attached hydrogens (tertiary/aromatic N) is 1. The minimum atomic E-state index is -0.984. The summed E-state index contributed by atoms with van der Waals surface area (Å²) >= 11 is 0. The van der Waals surface area contributed by atoms with Crippen molar-refractivity contribution >= 4 is 17.3 Å². The largest absolute Gasteiger partial charge is 0.497 e. The lowest BCUT2D eigenvalue weighted by atomic mass is 10.1. The number of benzene rings is 2. The number of hydrogen-bond donors (Lipinski definition) is 1. The molecular weight excluding hydrogens is 270 g/mol. The van der Waals surface area contributed by atoms with E-state index in [1.165, 1.54) is 6.07 Å². The van der Waals surface area contributed by atoms with Gasteiger partial charge in [0.15, 0.2) is 0 Å². The van der Waals surface area contributed by atoms with Crippen LogP contribution >= 0.6 is 0 Å². The fourth-order valence-electron chi connectivity index (χ4n) is 2.05. The molecule has 1 N–H and O–H groups in total. The molecule has 5 heteroatoms. The van der Waals surface area contributed by atoms with Gasteiger partial charge in [-0.3, -0.25) is 0 Å². The second kappa shape index (κ2) is 6.17. The van der Waals surface area contributed by atoms with E-state index in [1.54, 1.807) is 38.3 Å². The van der Waals surface area contributed by atoms with Crippen LogP contribution in [0.4, 0.5) is 11.4 Å². The molecule has 2 aromatic rings. The summed E-state index contributed by atoms with van der Waals surface area (Å²) in [7, 11) is 4.94. The van der Waals surface area contributed by atoms with Crippen molar-refractivity contribution in [1.82, 2.24) is 0 Å². The SMILES string of the molecule is COc1cccc(N(C)c2cc(OC)ccc2C(=O)O)c1. The number of carboxylic acids is 1. The van der Waals surface area contributed by atoms with Crippen molar-refractivity contribution < 1.29 is 19.4 Å². The fraction of sp³-hybridized carbons (Fsp3) is 0.188. The van der Waals surface area contributed by atoms with Gasteiger partial charge in [-0.15, -0.1) is 0 Å². The van der Waals surface area contributed by atoms with Gasteiger partial charge in [-0.2, -0.15) is 0 Å². The zero-order valence-electron chi connectivity index (χ0n) is 12.2. The molecule has 0 fully saturated rings. The smallest absolute Gasteiger partial charge is 0.337 e. The Labute approximate surface area is 123 Å². The lowest BCUT2D eigenvalue weighted by Crippen LogP contribution is -2.14. The predicted molar refractivity (Wildman–Crippen MR) is 81.0 cm³/mol. The third-order valence-electron chi connectivity index (χ3n) is 3.24. The highest BCUT2D eigenvalue weighted by atomic mass is 16.5. The maximum atomic E-state index is 11.4. The van der Waals surface area contributed by atoms with Crippen LogP contribution in [0.15, 0.2) is 42.5 Å². The second-order valence-electron chi connectivity index (χ2n) is 4.45. The molecule has 0 heterocycles. The highest BCUT2D eigenvalue weighted by Crippen LogP contribution is 2.32. The number of methoxy groups -OCH3 is 2. The maximum Gasteiger partial charge on any atom is 0.337 e. The van der Waals surface area contributed by atoms with Gasteiger partial charge in [0.05, 0.1) is 25.5 Å². The zero-order chi connectivity index (χ0) is 15.4. The molecule has 0 unspecified atom stereocenters. The van der Waals surface area contributed by atoms with Gasteiger partial charge in [-0.05, 0) is 24.3 Å². The van der Waals surface area contributed by atoms with E-state index < -0.39 is 5.97 Å². The van der Waals surface area contributed by atoms with Crippen molar-refractivity contribution in [2.24, 2.45) is 0 Å². The van der Waals surface area contributed by atoms with Crippen LogP contribution in [0.2, 0.25) is 0 Å². The average molecular weight is 287 g/mol. The number of aromatic carboxylic acids is 1. The Morgan fingerprint density at radius 2 is 1.71 bits per heavy atom. The summed E-state index contributed by atoms with van der Waals surface area (Å²) in [6.07, 6.45) is 0. The molecule has 0 atom stereocenters. The van der Waals surface area contributed by atoms with Crippen molar-refractivity contribution in [2.45, 2.75) is 0 Å². The second-order valence-corrected chi connectivity index (χ2v) is 4.45. The van der Waals surface area contributed by atoms with Gasteiger partial charge in [0.1, 0.15) is 11.5 Å². The van der Waals surface area contributed by atoms with E-state index in [9.17, 15) is 9.90 Å². The lowest BCUT2D eigenvalue weighted by Gasteiger charge is -2.22. The molecule has 0 radical (unpaired) electrons. The quantitative estimate of drug-likeness (QED) is 0.915. The Balaban J connectivity index is 2.50. The molecule has 0 amide bonds. The number of ether oxygens (including phenoxy) is 2. The molecular formula is C16H17NO4. The Morgan fingerprint density at radius 3 is 2.33 bits per heavy atom. The van der Waals surface area contributed by atoms with E-state index in [1.807, 2.05) is 24.3 Å².